The average molecular weight is 380 g/mol. The van der Waals surface area contributed by atoms with Crippen molar-refractivity contribution in [3.8, 4) is 11.1 Å². The third-order valence-corrected chi connectivity index (χ3v) is 5.73. The van der Waals surface area contributed by atoms with E-state index < -0.39 is 11.6 Å². The van der Waals surface area contributed by atoms with Crippen molar-refractivity contribution in [1.82, 2.24) is 0 Å². The number of rotatable bonds is 4. The van der Waals surface area contributed by atoms with Gasteiger partial charge < -0.3 is 0 Å². The van der Waals surface area contributed by atoms with Crippen LogP contribution >= 0.6 is 0 Å². The number of fused-ring (bicyclic) bond motifs is 1. The highest BCUT2D eigenvalue weighted by Crippen LogP contribution is 2.36. The van der Waals surface area contributed by atoms with Gasteiger partial charge in [0.25, 0.3) is 0 Å². The summed E-state index contributed by atoms with van der Waals surface area (Å²) in [7, 11) is 0. The van der Waals surface area contributed by atoms with Gasteiger partial charge in [0.2, 0.25) is 0 Å². The van der Waals surface area contributed by atoms with Crippen LogP contribution in [0.3, 0.4) is 0 Å². The predicted octanol–water partition coefficient (Wildman–Crippen LogP) is 7.00. The number of hydrogen-bond donors (Lipinski definition) is 0. The van der Waals surface area contributed by atoms with Crippen molar-refractivity contribution in [2.75, 3.05) is 0 Å². The molecule has 3 aromatic carbocycles. The summed E-state index contributed by atoms with van der Waals surface area (Å²) < 4.78 is 41.4. The van der Waals surface area contributed by atoms with Crippen LogP contribution in [0, 0.1) is 17.5 Å². The first kappa shape index (κ1) is 18.8. The monoisotopic (exact) mass is 380 g/mol. The number of aryl methyl sites for hydroxylation is 2. The maximum atomic E-state index is 14.6. The molecule has 1 aliphatic carbocycles. The van der Waals surface area contributed by atoms with Crippen LogP contribution in [-0.2, 0) is 19.3 Å². The van der Waals surface area contributed by atoms with Crippen LogP contribution in [0.2, 0.25) is 0 Å². The zero-order chi connectivity index (χ0) is 19.7. The van der Waals surface area contributed by atoms with Crippen LogP contribution in [-0.4, -0.2) is 0 Å². The molecule has 0 N–H and O–H groups in total. The minimum atomic E-state index is -0.837. The van der Waals surface area contributed by atoms with E-state index in [1.54, 1.807) is 12.1 Å². The van der Waals surface area contributed by atoms with Gasteiger partial charge in [-0.2, -0.15) is 0 Å². The van der Waals surface area contributed by atoms with Crippen molar-refractivity contribution in [3.63, 3.8) is 0 Å². The van der Waals surface area contributed by atoms with Gasteiger partial charge in [-0.05, 0) is 83.2 Å². The highest BCUT2D eigenvalue weighted by atomic mass is 19.2. The Bertz CT molecular complexity index is 1010. The molecular formula is C25H23F3. The molecule has 0 amide bonds. The summed E-state index contributed by atoms with van der Waals surface area (Å²) in [6.45, 7) is 2.10. The van der Waals surface area contributed by atoms with Crippen molar-refractivity contribution in [3.05, 3.63) is 94.3 Å². The largest absolute Gasteiger partial charge is 0.207 e. The van der Waals surface area contributed by atoms with E-state index in [1.165, 1.54) is 17.2 Å². The van der Waals surface area contributed by atoms with Crippen LogP contribution < -0.4 is 0 Å². The number of hydrogen-bond acceptors (Lipinski definition) is 0. The summed E-state index contributed by atoms with van der Waals surface area (Å²) in [5, 5.41) is 0. The summed E-state index contributed by atoms with van der Waals surface area (Å²) in [5.41, 5.74) is 5.82. The summed E-state index contributed by atoms with van der Waals surface area (Å²) in [6.07, 6.45) is 4.46. The molecule has 0 aromatic heterocycles. The van der Waals surface area contributed by atoms with Crippen LogP contribution in [0.25, 0.3) is 11.1 Å². The maximum Gasteiger partial charge on any atom is 0.159 e. The lowest BCUT2D eigenvalue weighted by Crippen LogP contribution is -2.14. The Labute approximate surface area is 164 Å². The Hall–Kier alpha value is -2.55. The summed E-state index contributed by atoms with van der Waals surface area (Å²) in [6, 6.07) is 15.7. The lowest BCUT2D eigenvalue weighted by molar-refractivity contribution is 0.509. The van der Waals surface area contributed by atoms with Gasteiger partial charge in [0.15, 0.2) is 11.6 Å². The van der Waals surface area contributed by atoms with Gasteiger partial charge in [0.05, 0.1) is 0 Å². The Kier molecular flexibility index (Phi) is 5.25. The molecule has 0 spiro atoms. The van der Waals surface area contributed by atoms with Crippen molar-refractivity contribution in [2.45, 2.75) is 44.9 Å². The maximum absolute atomic E-state index is 14.6. The molecule has 144 valence electrons. The van der Waals surface area contributed by atoms with Gasteiger partial charge in [0, 0.05) is 0 Å². The molecule has 1 atom stereocenters. The van der Waals surface area contributed by atoms with Gasteiger partial charge in [0.1, 0.15) is 5.82 Å². The molecule has 3 heteroatoms. The molecule has 4 rings (SSSR count). The summed E-state index contributed by atoms with van der Waals surface area (Å²) in [4.78, 5) is 0. The minimum absolute atomic E-state index is 0.0993. The van der Waals surface area contributed by atoms with E-state index in [-0.39, 0.29) is 11.7 Å². The van der Waals surface area contributed by atoms with E-state index in [0.717, 1.165) is 54.9 Å². The first-order valence-corrected chi connectivity index (χ1v) is 9.90. The quantitative estimate of drug-likeness (QED) is 0.457. The van der Waals surface area contributed by atoms with Gasteiger partial charge in [-0.15, -0.1) is 0 Å². The predicted molar refractivity (Wildman–Crippen MR) is 107 cm³/mol. The number of halogens is 3. The van der Waals surface area contributed by atoms with E-state index in [4.69, 9.17) is 0 Å². The summed E-state index contributed by atoms with van der Waals surface area (Å²) >= 11 is 0. The van der Waals surface area contributed by atoms with Crippen LogP contribution in [0.1, 0.15) is 47.9 Å². The lowest BCUT2D eigenvalue weighted by Gasteiger charge is -2.26. The zero-order valence-electron chi connectivity index (χ0n) is 15.9. The molecule has 0 saturated carbocycles. The second-order valence-electron chi connectivity index (χ2n) is 7.66. The van der Waals surface area contributed by atoms with Gasteiger partial charge in [-0.25, -0.2) is 13.2 Å². The second kappa shape index (κ2) is 7.83. The van der Waals surface area contributed by atoms with Gasteiger partial charge >= 0.3 is 0 Å². The Morgan fingerprint density at radius 1 is 0.786 bits per heavy atom. The Morgan fingerprint density at radius 3 is 2.32 bits per heavy atom. The summed E-state index contributed by atoms with van der Waals surface area (Å²) in [5.74, 6) is -1.59. The zero-order valence-corrected chi connectivity index (χ0v) is 15.9. The normalized spacial score (nSPS) is 16.1. The van der Waals surface area contributed by atoms with E-state index >= 15 is 0 Å². The molecule has 3 aromatic rings. The molecule has 0 heterocycles. The average Bonchev–Trinajstić information content (AvgIpc) is 2.70. The molecule has 0 aliphatic heterocycles. The smallest absolute Gasteiger partial charge is 0.159 e. The van der Waals surface area contributed by atoms with Crippen LogP contribution in [0.4, 0.5) is 13.2 Å². The molecule has 0 fully saturated rings. The fourth-order valence-electron chi connectivity index (χ4n) is 4.22. The first-order valence-electron chi connectivity index (χ1n) is 9.90. The molecule has 0 bridgehead atoms. The van der Waals surface area contributed by atoms with Gasteiger partial charge in [-0.3, -0.25) is 0 Å². The third-order valence-electron chi connectivity index (χ3n) is 5.73. The topological polar surface area (TPSA) is 0 Å². The molecule has 1 unspecified atom stereocenters. The SMILES string of the molecule is CCCc1ccc(C2CCc3cc(-c4ccc(F)c(F)c4)ccc3C2)c(F)c1. The first-order chi connectivity index (χ1) is 13.5. The Balaban J connectivity index is 1.57. The van der Waals surface area contributed by atoms with Crippen LogP contribution in [0.5, 0.6) is 0 Å². The van der Waals surface area contributed by atoms with Crippen LogP contribution in [0.15, 0.2) is 54.6 Å². The van der Waals surface area contributed by atoms with E-state index in [0.29, 0.717) is 5.56 Å². The standard InChI is InChI=1S/C25H23F3/c1-2-3-16-4-10-22(24(27)12-16)21-8-7-17-13-18(5-6-19(17)14-21)20-9-11-23(26)25(28)15-20/h4-6,9-13,15,21H,2-3,7-8,14H2,1H3. The molecule has 28 heavy (non-hydrogen) atoms. The highest BCUT2D eigenvalue weighted by molar-refractivity contribution is 5.65. The van der Waals surface area contributed by atoms with E-state index in [1.807, 2.05) is 24.3 Å². The fraction of sp³-hybridized carbons (Fsp3) is 0.280. The molecule has 0 saturated heterocycles. The van der Waals surface area contributed by atoms with Crippen molar-refractivity contribution in [1.29, 1.82) is 0 Å². The Morgan fingerprint density at radius 2 is 1.57 bits per heavy atom. The fourth-order valence-corrected chi connectivity index (χ4v) is 4.22. The van der Waals surface area contributed by atoms with E-state index in [9.17, 15) is 13.2 Å². The van der Waals surface area contributed by atoms with Crippen molar-refractivity contribution >= 4 is 0 Å². The number of benzene rings is 3. The van der Waals surface area contributed by atoms with Crippen molar-refractivity contribution in [2.24, 2.45) is 0 Å². The molecular weight excluding hydrogens is 357 g/mol. The lowest BCUT2D eigenvalue weighted by atomic mass is 9.79. The third kappa shape index (κ3) is 3.71. The molecule has 1 aliphatic rings. The second-order valence-corrected chi connectivity index (χ2v) is 7.66. The van der Waals surface area contributed by atoms with E-state index in [2.05, 4.69) is 13.0 Å². The van der Waals surface area contributed by atoms with Crippen molar-refractivity contribution < 1.29 is 13.2 Å². The minimum Gasteiger partial charge on any atom is -0.207 e. The molecule has 0 radical (unpaired) electrons. The highest BCUT2D eigenvalue weighted by Gasteiger charge is 2.23. The molecule has 0 nitrogen and oxygen atoms in total. The van der Waals surface area contributed by atoms with Gasteiger partial charge in [-0.1, -0.05) is 49.7 Å².